The summed E-state index contributed by atoms with van der Waals surface area (Å²) in [6, 6.07) is -7.25. The Kier molecular flexibility index (Phi) is 17.0. The first-order valence-electron chi connectivity index (χ1n) is 12.5. The van der Waals surface area contributed by atoms with Crippen LogP contribution in [0.2, 0.25) is 0 Å². The van der Waals surface area contributed by atoms with Gasteiger partial charge in [-0.1, -0.05) is 0 Å². The number of thiol groups is 1. The van der Waals surface area contributed by atoms with Crippen LogP contribution in [0, 0.1) is 0 Å². The third-order valence-electron chi connectivity index (χ3n) is 5.53. The van der Waals surface area contributed by atoms with E-state index in [0.717, 1.165) is 6.92 Å². The van der Waals surface area contributed by atoms with Gasteiger partial charge in [-0.05, 0) is 33.1 Å². The molecular formula is C22H41N9O9S. The fourth-order valence-corrected chi connectivity index (χ4v) is 3.41. The molecule has 41 heavy (non-hydrogen) atoms. The van der Waals surface area contributed by atoms with Gasteiger partial charge in [-0.25, -0.2) is 4.79 Å². The topological polar surface area (TPSA) is 328 Å². The van der Waals surface area contributed by atoms with Gasteiger partial charge in [0.1, 0.15) is 24.2 Å². The van der Waals surface area contributed by atoms with Crippen LogP contribution in [-0.4, -0.2) is 111 Å². The molecule has 0 unspecified atom stereocenters. The fourth-order valence-electron chi connectivity index (χ4n) is 3.25. The van der Waals surface area contributed by atoms with Crippen LogP contribution in [0.25, 0.3) is 0 Å². The minimum atomic E-state index is -1.68. The maximum atomic E-state index is 13.2. The number of guanidine groups is 1. The zero-order chi connectivity index (χ0) is 31.9. The van der Waals surface area contributed by atoms with Crippen molar-refractivity contribution in [1.29, 1.82) is 0 Å². The third kappa shape index (κ3) is 14.5. The number of rotatable bonds is 19. The molecule has 18 nitrogen and oxygen atoms in total. The summed E-state index contributed by atoms with van der Waals surface area (Å²) in [5, 5.41) is 38.6. The highest BCUT2D eigenvalue weighted by atomic mass is 32.1. The molecule has 0 heterocycles. The number of primary amides is 1. The van der Waals surface area contributed by atoms with Crippen molar-refractivity contribution in [3.05, 3.63) is 0 Å². The summed E-state index contributed by atoms with van der Waals surface area (Å²) in [5.74, 6) is -6.39. The van der Waals surface area contributed by atoms with Gasteiger partial charge in [0.15, 0.2) is 5.96 Å². The second-order valence-electron chi connectivity index (χ2n) is 9.16. The summed E-state index contributed by atoms with van der Waals surface area (Å²) in [7, 11) is 0. The molecule has 0 fully saturated rings. The number of hydrogen-bond acceptors (Lipinski definition) is 11. The molecule has 0 aliphatic rings. The average Bonchev–Trinajstić information content (AvgIpc) is 2.87. The van der Waals surface area contributed by atoms with Gasteiger partial charge < -0.3 is 59.5 Å². The molecule has 0 radical (unpaired) electrons. The lowest BCUT2D eigenvalue weighted by Gasteiger charge is -2.28. The summed E-state index contributed by atoms with van der Waals surface area (Å²) in [5.41, 5.74) is 21.2. The van der Waals surface area contributed by atoms with E-state index in [0.29, 0.717) is 0 Å². The van der Waals surface area contributed by atoms with Crippen LogP contribution in [0.5, 0.6) is 0 Å². The zero-order valence-electron chi connectivity index (χ0n) is 22.8. The molecule has 0 bridgehead atoms. The Hall–Kier alpha value is -3.68. The van der Waals surface area contributed by atoms with Crippen molar-refractivity contribution in [1.82, 2.24) is 21.3 Å². The first-order chi connectivity index (χ1) is 19.0. The van der Waals surface area contributed by atoms with Crippen LogP contribution in [0.1, 0.15) is 39.5 Å². The number of carboxylic acid groups (broad SMARTS) is 1. The SMILES string of the molecule is C[C@@H](O)[C@H](NC(=O)[C@H](CCCN=C(N)N)NC(=O)[C@@H](NC(=O)[C@@H](N)CS)[C@@H](C)O)C(=O)N[C@@H](CCC(N)=O)C(=O)O. The van der Waals surface area contributed by atoms with Gasteiger partial charge in [-0.3, -0.25) is 29.0 Å². The number of amides is 5. The van der Waals surface area contributed by atoms with Crippen molar-refractivity contribution in [3.8, 4) is 0 Å². The number of aliphatic hydroxyl groups is 2. The number of carbonyl (C=O) groups is 6. The largest absolute Gasteiger partial charge is 0.480 e. The number of nitrogens with zero attached hydrogens (tertiary/aromatic N) is 1. The van der Waals surface area contributed by atoms with Crippen molar-refractivity contribution < 1.29 is 44.1 Å². The van der Waals surface area contributed by atoms with Crippen LogP contribution in [0.4, 0.5) is 0 Å². The number of aliphatic carboxylic acids is 1. The molecule has 7 atom stereocenters. The van der Waals surface area contributed by atoms with Gasteiger partial charge >= 0.3 is 5.97 Å². The average molecular weight is 608 g/mol. The maximum absolute atomic E-state index is 13.2. The molecule has 0 saturated carbocycles. The van der Waals surface area contributed by atoms with Crippen molar-refractivity contribution >= 4 is 54.1 Å². The summed E-state index contributed by atoms with van der Waals surface area (Å²) in [6.07, 6.45) is -3.60. The maximum Gasteiger partial charge on any atom is 0.326 e. The summed E-state index contributed by atoms with van der Waals surface area (Å²) in [4.78, 5) is 77.4. The van der Waals surface area contributed by atoms with Crippen molar-refractivity contribution in [2.75, 3.05) is 12.3 Å². The van der Waals surface area contributed by atoms with Gasteiger partial charge in [-0.2, -0.15) is 12.6 Å². The van der Waals surface area contributed by atoms with E-state index in [9.17, 15) is 44.1 Å². The number of nitrogens with two attached hydrogens (primary N) is 4. The van der Waals surface area contributed by atoms with Gasteiger partial charge in [-0.15, -0.1) is 0 Å². The highest BCUT2D eigenvalue weighted by Crippen LogP contribution is 2.06. The van der Waals surface area contributed by atoms with Crippen molar-refractivity contribution in [2.45, 2.75) is 81.9 Å². The molecule has 5 amide bonds. The van der Waals surface area contributed by atoms with E-state index >= 15 is 0 Å². The number of aliphatic imine (C=N–C) groups is 1. The number of hydrogen-bond donors (Lipinski definition) is 12. The molecule has 0 aliphatic heterocycles. The van der Waals surface area contributed by atoms with Crippen LogP contribution >= 0.6 is 12.6 Å². The molecular weight excluding hydrogens is 566 g/mol. The lowest BCUT2D eigenvalue weighted by molar-refractivity contribution is -0.143. The molecule has 15 N–H and O–H groups in total. The number of carbonyl (C=O) groups excluding carboxylic acids is 5. The van der Waals surface area contributed by atoms with E-state index in [1.54, 1.807) is 0 Å². The van der Waals surface area contributed by atoms with Gasteiger partial charge in [0, 0.05) is 18.7 Å². The Labute approximate surface area is 241 Å². The molecule has 0 aromatic carbocycles. The third-order valence-corrected chi connectivity index (χ3v) is 5.92. The number of aliphatic hydroxyl groups excluding tert-OH is 2. The standard InChI is InChI=1S/C22H41N9O9S/c1-9(32)15(30-17(35)11(23)8-41)19(37)28-12(4-3-7-27-22(25)26)18(36)31-16(10(2)33)20(38)29-13(21(39)40)5-6-14(24)34/h9-13,15-16,32-33,41H,3-8,23H2,1-2H3,(H2,24,34)(H,28,37)(H,29,38)(H,30,35)(H,31,36)(H,39,40)(H4,25,26,27)/t9-,10-,11+,12+,13+,15+,16+/m1/s1. The predicted molar refractivity (Wildman–Crippen MR) is 149 cm³/mol. The monoisotopic (exact) mass is 607 g/mol. The Morgan fingerprint density at radius 1 is 0.780 bits per heavy atom. The summed E-state index contributed by atoms with van der Waals surface area (Å²) in [6.45, 7) is 2.42. The highest BCUT2D eigenvalue weighted by Gasteiger charge is 2.34. The smallest absolute Gasteiger partial charge is 0.326 e. The van der Waals surface area contributed by atoms with Crippen molar-refractivity contribution in [2.24, 2.45) is 27.9 Å². The molecule has 234 valence electrons. The van der Waals surface area contributed by atoms with Crippen LogP contribution in [-0.2, 0) is 28.8 Å². The minimum Gasteiger partial charge on any atom is -0.480 e. The van der Waals surface area contributed by atoms with E-state index in [1.165, 1.54) is 6.92 Å². The zero-order valence-corrected chi connectivity index (χ0v) is 23.7. The first-order valence-corrected chi connectivity index (χ1v) is 13.2. The summed E-state index contributed by atoms with van der Waals surface area (Å²) >= 11 is 3.91. The normalized spacial score (nSPS) is 16.0. The van der Waals surface area contributed by atoms with Gasteiger partial charge in [0.2, 0.25) is 29.5 Å². The number of carboxylic acids is 1. The highest BCUT2D eigenvalue weighted by molar-refractivity contribution is 7.80. The molecule has 19 heteroatoms. The predicted octanol–water partition coefficient (Wildman–Crippen LogP) is -5.65. The second-order valence-corrected chi connectivity index (χ2v) is 9.52. The molecule has 0 aromatic rings. The van der Waals surface area contributed by atoms with Crippen LogP contribution < -0.4 is 44.2 Å². The molecule has 0 aliphatic carbocycles. The Morgan fingerprint density at radius 2 is 1.27 bits per heavy atom. The molecule has 0 spiro atoms. The van der Waals surface area contributed by atoms with E-state index in [1.807, 2.05) is 0 Å². The van der Waals surface area contributed by atoms with Crippen molar-refractivity contribution in [3.63, 3.8) is 0 Å². The Morgan fingerprint density at radius 3 is 1.68 bits per heavy atom. The van der Waals surface area contributed by atoms with Crippen LogP contribution in [0.15, 0.2) is 4.99 Å². The van der Waals surface area contributed by atoms with E-state index in [-0.39, 0.29) is 43.9 Å². The second kappa shape index (κ2) is 18.6. The lowest BCUT2D eigenvalue weighted by atomic mass is 10.1. The van der Waals surface area contributed by atoms with E-state index < -0.39 is 77.9 Å². The van der Waals surface area contributed by atoms with E-state index in [2.05, 4.69) is 38.9 Å². The van der Waals surface area contributed by atoms with Crippen LogP contribution in [0.3, 0.4) is 0 Å². The quantitative estimate of drug-likeness (QED) is 0.0283. The minimum absolute atomic E-state index is 0.0514. The molecule has 0 aromatic heterocycles. The molecule has 0 rings (SSSR count). The van der Waals surface area contributed by atoms with E-state index in [4.69, 9.17) is 22.9 Å². The molecule has 0 saturated heterocycles. The lowest BCUT2D eigenvalue weighted by Crippen LogP contribution is -2.61. The van der Waals surface area contributed by atoms with Gasteiger partial charge in [0.05, 0.1) is 18.2 Å². The fraction of sp³-hybridized carbons (Fsp3) is 0.682. The number of nitrogens with one attached hydrogen (secondary N) is 4. The Bertz CT molecular complexity index is 961. The summed E-state index contributed by atoms with van der Waals surface area (Å²) < 4.78 is 0. The first kappa shape index (κ1) is 37.3. The Balaban J connectivity index is 5.87. The van der Waals surface area contributed by atoms with Gasteiger partial charge in [0.25, 0.3) is 0 Å².